The normalized spacial score (nSPS) is 10.4. The second-order valence-corrected chi connectivity index (χ2v) is 4.06. The molecule has 0 atom stereocenters. The zero-order chi connectivity index (χ0) is 13.0. The van der Waals surface area contributed by atoms with Gasteiger partial charge in [0.05, 0.1) is 12.8 Å². The van der Waals surface area contributed by atoms with E-state index in [4.69, 9.17) is 16.3 Å². The number of ether oxygens (including phenoxy) is 1. The van der Waals surface area contributed by atoms with Crippen molar-refractivity contribution in [2.75, 3.05) is 19.0 Å². The zero-order valence-electron chi connectivity index (χ0n) is 10.2. The molecule has 0 radical (unpaired) electrons. The predicted molar refractivity (Wildman–Crippen MR) is 69.0 cm³/mol. The highest BCUT2D eigenvalue weighted by atomic mass is 35.5. The molecule has 7 heteroatoms. The molecule has 1 N–H and O–H groups in total. The van der Waals surface area contributed by atoms with E-state index < -0.39 is 0 Å². The minimum Gasteiger partial charge on any atom is -0.490 e. The number of hydrogen-bond donors (Lipinski definition) is 1. The van der Waals surface area contributed by atoms with Crippen LogP contribution < -0.4 is 10.1 Å². The van der Waals surface area contributed by atoms with Gasteiger partial charge in [-0.3, -0.25) is 4.68 Å². The van der Waals surface area contributed by atoms with Gasteiger partial charge in [0.1, 0.15) is 6.33 Å². The van der Waals surface area contributed by atoms with E-state index in [1.807, 2.05) is 19.3 Å². The maximum absolute atomic E-state index is 5.90. The molecule has 0 saturated heterocycles. The summed E-state index contributed by atoms with van der Waals surface area (Å²) in [4.78, 5) is 7.94. The SMILES string of the molecule is COc1c(Cl)ncnc1NCCc1ccn(C)n1. The standard InChI is InChI=1S/C11H14ClN5O/c1-17-6-4-8(16-17)3-5-13-11-9(18-2)10(12)14-7-15-11/h4,6-7H,3,5H2,1-2H3,(H,13,14,15). The fourth-order valence-corrected chi connectivity index (χ4v) is 1.77. The highest BCUT2D eigenvalue weighted by Gasteiger charge is 2.09. The first-order chi connectivity index (χ1) is 8.70. The molecule has 6 nitrogen and oxygen atoms in total. The summed E-state index contributed by atoms with van der Waals surface area (Å²) >= 11 is 5.90. The van der Waals surface area contributed by atoms with Gasteiger partial charge in [0.2, 0.25) is 0 Å². The predicted octanol–water partition coefficient (Wildman–Crippen LogP) is 1.53. The molecule has 0 bridgehead atoms. The molecule has 0 aromatic carbocycles. The van der Waals surface area contributed by atoms with Crippen LogP contribution in [0, 0.1) is 0 Å². The maximum atomic E-state index is 5.90. The molecule has 0 unspecified atom stereocenters. The van der Waals surface area contributed by atoms with Gasteiger partial charge in [-0.15, -0.1) is 0 Å². The van der Waals surface area contributed by atoms with Crippen molar-refractivity contribution in [3.63, 3.8) is 0 Å². The second kappa shape index (κ2) is 5.68. The van der Waals surface area contributed by atoms with E-state index in [2.05, 4.69) is 20.4 Å². The van der Waals surface area contributed by atoms with Gasteiger partial charge in [0.15, 0.2) is 16.7 Å². The van der Waals surface area contributed by atoms with Gasteiger partial charge in [-0.25, -0.2) is 9.97 Å². The second-order valence-electron chi connectivity index (χ2n) is 3.70. The third kappa shape index (κ3) is 2.89. The van der Waals surface area contributed by atoms with Gasteiger partial charge in [0, 0.05) is 26.2 Å². The molecule has 18 heavy (non-hydrogen) atoms. The average molecular weight is 268 g/mol. The van der Waals surface area contributed by atoms with Gasteiger partial charge in [-0.1, -0.05) is 11.6 Å². The molecule has 2 rings (SSSR count). The first kappa shape index (κ1) is 12.6. The van der Waals surface area contributed by atoms with Crippen LogP contribution in [0.3, 0.4) is 0 Å². The van der Waals surface area contributed by atoms with Crippen molar-refractivity contribution >= 4 is 17.4 Å². The van der Waals surface area contributed by atoms with Gasteiger partial charge in [-0.05, 0) is 6.07 Å². The van der Waals surface area contributed by atoms with Crippen molar-refractivity contribution in [1.29, 1.82) is 0 Å². The average Bonchev–Trinajstić information content (AvgIpc) is 2.75. The third-order valence-electron chi connectivity index (χ3n) is 2.41. The Labute approximate surface area is 110 Å². The molecule has 0 amide bonds. The van der Waals surface area contributed by atoms with Crippen LogP contribution in [0.25, 0.3) is 0 Å². The van der Waals surface area contributed by atoms with Crippen molar-refractivity contribution < 1.29 is 4.74 Å². The Morgan fingerprint density at radius 3 is 2.94 bits per heavy atom. The smallest absolute Gasteiger partial charge is 0.198 e. The Morgan fingerprint density at radius 1 is 1.44 bits per heavy atom. The molecule has 0 aliphatic rings. The quantitative estimate of drug-likeness (QED) is 0.833. The van der Waals surface area contributed by atoms with Crippen molar-refractivity contribution in [3.8, 4) is 5.75 Å². The molecule has 96 valence electrons. The van der Waals surface area contributed by atoms with Crippen molar-refractivity contribution in [2.45, 2.75) is 6.42 Å². The van der Waals surface area contributed by atoms with Crippen LogP contribution in [0.1, 0.15) is 5.69 Å². The van der Waals surface area contributed by atoms with Crippen LogP contribution in [-0.4, -0.2) is 33.4 Å². The Kier molecular flexibility index (Phi) is 3.99. The fraction of sp³-hybridized carbons (Fsp3) is 0.364. The summed E-state index contributed by atoms with van der Waals surface area (Å²) in [5.41, 5.74) is 1.02. The summed E-state index contributed by atoms with van der Waals surface area (Å²) in [7, 11) is 3.43. The van der Waals surface area contributed by atoms with Crippen LogP contribution in [-0.2, 0) is 13.5 Å². The van der Waals surface area contributed by atoms with E-state index >= 15 is 0 Å². The number of nitrogens with one attached hydrogen (secondary N) is 1. The minimum atomic E-state index is 0.299. The summed E-state index contributed by atoms with van der Waals surface area (Å²) in [5, 5.41) is 7.74. The monoisotopic (exact) mass is 267 g/mol. The third-order valence-corrected chi connectivity index (χ3v) is 2.68. The van der Waals surface area contributed by atoms with Crippen LogP contribution in [0.5, 0.6) is 5.75 Å². The van der Waals surface area contributed by atoms with E-state index in [0.717, 1.165) is 12.1 Å². The Balaban J connectivity index is 1.96. The number of methoxy groups -OCH3 is 1. The number of rotatable bonds is 5. The topological polar surface area (TPSA) is 64.9 Å². The molecular weight excluding hydrogens is 254 g/mol. The van der Waals surface area contributed by atoms with Crippen molar-refractivity contribution in [3.05, 3.63) is 29.4 Å². The van der Waals surface area contributed by atoms with Gasteiger partial charge < -0.3 is 10.1 Å². The molecule has 2 heterocycles. The molecule has 0 aliphatic carbocycles. The summed E-state index contributed by atoms with van der Waals surface area (Å²) in [6, 6.07) is 1.98. The van der Waals surface area contributed by atoms with E-state index in [-0.39, 0.29) is 0 Å². The van der Waals surface area contributed by atoms with E-state index in [1.165, 1.54) is 13.4 Å². The lowest BCUT2D eigenvalue weighted by molar-refractivity contribution is 0.413. The first-order valence-electron chi connectivity index (χ1n) is 5.47. The van der Waals surface area contributed by atoms with Crippen molar-refractivity contribution in [2.24, 2.45) is 7.05 Å². The molecule has 0 fully saturated rings. The lowest BCUT2D eigenvalue weighted by Crippen LogP contribution is -2.08. The highest BCUT2D eigenvalue weighted by Crippen LogP contribution is 2.28. The Morgan fingerprint density at radius 2 is 2.28 bits per heavy atom. The summed E-state index contributed by atoms with van der Waals surface area (Å²) < 4.78 is 6.92. The summed E-state index contributed by atoms with van der Waals surface area (Å²) in [5.74, 6) is 1.05. The van der Waals surface area contributed by atoms with Gasteiger partial charge >= 0.3 is 0 Å². The number of aryl methyl sites for hydroxylation is 1. The summed E-state index contributed by atoms with van der Waals surface area (Å²) in [6.45, 7) is 0.695. The number of hydrogen-bond acceptors (Lipinski definition) is 5. The lowest BCUT2D eigenvalue weighted by atomic mass is 10.3. The highest BCUT2D eigenvalue weighted by molar-refractivity contribution is 6.31. The van der Waals surface area contributed by atoms with Crippen LogP contribution in [0.4, 0.5) is 5.82 Å². The van der Waals surface area contributed by atoms with Crippen molar-refractivity contribution in [1.82, 2.24) is 19.7 Å². The zero-order valence-corrected chi connectivity index (χ0v) is 11.0. The van der Waals surface area contributed by atoms with E-state index in [9.17, 15) is 0 Å². The Bertz CT molecular complexity index is 528. The van der Waals surface area contributed by atoms with Crippen LogP contribution >= 0.6 is 11.6 Å². The van der Waals surface area contributed by atoms with E-state index in [1.54, 1.807) is 4.68 Å². The van der Waals surface area contributed by atoms with Crippen LogP contribution in [0.15, 0.2) is 18.6 Å². The lowest BCUT2D eigenvalue weighted by Gasteiger charge is -2.09. The minimum absolute atomic E-state index is 0.299. The molecular formula is C11H14ClN5O. The number of anilines is 1. The molecule has 0 aliphatic heterocycles. The summed E-state index contributed by atoms with van der Waals surface area (Å²) in [6.07, 6.45) is 4.11. The number of halogens is 1. The van der Waals surface area contributed by atoms with E-state index in [0.29, 0.717) is 23.3 Å². The molecule has 2 aromatic heterocycles. The number of aromatic nitrogens is 4. The van der Waals surface area contributed by atoms with Crippen LogP contribution in [0.2, 0.25) is 5.15 Å². The molecule has 2 aromatic rings. The largest absolute Gasteiger partial charge is 0.490 e. The molecule has 0 spiro atoms. The van der Waals surface area contributed by atoms with Gasteiger partial charge in [0.25, 0.3) is 0 Å². The Hall–Kier alpha value is -1.82. The first-order valence-corrected chi connectivity index (χ1v) is 5.85. The number of nitrogens with zero attached hydrogens (tertiary/aromatic N) is 4. The fourth-order valence-electron chi connectivity index (χ4n) is 1.56. The molecule has 0 saturated carbocycles. The maximum Gasteiger partial charge on any atom is 0.198 e. The van der Waals surface area contributed by atoms with Gasteiger partial charge in [-0.2, -0.15) is 5.10 Å².